The van der Waals surface area contributed by atoms with Gasteiger partial charge in [0.2, 0.25) is 11.8 Å². The predicted octanol–water partition coefficient (Wildman–Crippen LogP) is 1.04. The third kappa shape index (κ3) is 3.44. The molecule has 0 unspecified atom stereocenters. The number of piperazine rings is 1. The molecule has 0 radical (unpaired) electrons. The van der Waals surface area contributed by atoms with E-state index in [1.807, 2.05) is 4.90 Å². The molecule has 2 N–H and O–H groups in total. The van der Waals surface area contributed by atoms with Crippen LogP contribution in [0.2, 0.25) is 0 Å². The molecule has 1 aromatic heterocycles. The first-order chi connectivity index (χ1) is 11.5. The molecule has 1 fully saturated rings. The number of carbonyl (C=O) groups excluding carboxylic acids is 2. The Morgan fingerprint density at radius 1 is 1.17 bits per heavy atom. The van der Waals surface area contributed by atoms with E-state index < -0.39 is 5.97 Å². The molecule has 8 heteroatoms. The number of aromatic carboxylic acids is 1. The van der Waals surface area contributed by atoms with Crippen LogP contribution in [0.15, 0.2) is 0 Å². The Morgan fingerprint density at radius 2 is 1.88 bits per heavy atom. The quantitative estimate of drug-likeness (QED) is 0.846. The maximum absolute atomic E-state index is 12.3. The lowest BCUT2D eigenvalue weighted by Gasteiger charge is -2.33. The average molecular weight is 351 g/mol. The monoisotopic (exact) mass is 351 g/mol. The Bertz CT molecular complexity index is 677. The summed E-state index contributed by atoms with van der Waals surface area (Å²) < 4.78 is 0. The van der Waals surface area contributed by atoms with Gasteiger partial charge >= 0.3 is 5.97 Å². The Kier molecular flexibility index (Phi) is 4.86. The number of carboxylic acids is 1. The first-order valence-corrected chi connectivity index (χ1v) is 8.93. The van der Waals surface area contributed by atoms with Crippen molar-refractivity contribution in [2.45, 2.75) is 26.2 Å². The largest absolute Gasteiger partial charge is 0.478 e. The fourth-order valence-corrected chi connectivity index (χ4v) is 4.61. The standard InChI is InChI=1S/C16H21N3O4S/c1-10(20)19-7-5-18(6-8-19)9-13(21)17-15-14(16(22)23)11-3-2-4-12(11)24-15/h2-9H2,1H3,(H,17,21)(H,22,23). The molecule has 0 aromatic carbocycles. The summed E-state index contributed by atoms with van der Waals surface area (Å²) in [5.74, 6) is -1.12. The highest BCUT2D eigenvalue weighted by molar-refractivity contribution is 7.17. The molecule has 0 bridgehead atoms. The van der Waals surface area contributed by atoms with Gasteiger partial charge in [-0.25, -0.2) is 4.79 Å². The molecular formula is C16H21N3O4S. The van der Waals surface area contributed by atoms with E-state index in [2.05, 4.69) is 5.32 Å². The van der Waals surface area contributed by atoms with Crippen molar-refractivity contribution in [2.24, 2.45) is 0 Å². The summed E-state index contributed by atoms with van der Waals surface area (Å²) in [6.07, 6.45) is 2.65. The number of carbonyl (C=O) groups is 3. The van der Waals surface area contributed by atoms with Crippen molar-refractivity contribution in [1.29, 1.82) is 0 Å². The molecule has 7 nitrogen and oxygen atoms in total. The van der Waals surface area contributed by atoms with Gasteiger partial charge in [0.25, 0.3) is 0 Å². The number of nitrogens with one attached hydrogen (secondary N) is 1. The lowest BCUT2D eigenvalue weighted by molar-refractivity contribution is -0.130. The fraction of sp³-hybridized carbons (Fsp3) is 0.562. The Labute approximate surface area is 144 Å². The second-order valence-corrected chi connectivity index (χ2v) is 7.30. The van der Waals surface area contributed by atoms with Crippen LogP contribution in [0.25, 0.3) is 0 Å². The minimum Gasteiger partial charge on any atom is -0.478 e. The predicted molar refractivity (Wildman–Crippen MR) is 90.6 cm³/mol. The van der Waals surface area contributed by atoms with E-state index in [9.17, 15) is 19.5 Å². The summed E-state index contributed by atoms with van der Waals surface area (Å²) in [6.45, 7) is 4.31. The molecule has 130 valence electrons. The van der Waals surface area contributed by atoms with Crippen LogP contribution in [-0.4, -0.2) is 65.4 Å². The van der Waals surface area contributed by atoms with Gasteiger partial charge in [-0.05, 0) is 24.8 Å². The normalized spacial score (nSPS) is 17.6. The highest BCUT2D eigenvalue weighted by atomic mass is 32.1. The Morgan fingerprint density at radius 3 is 2.50 bits per heavy atom. The molecule has 1 aliphatic carbocycles. The molecule has 2 heterocycles. The number of rotatable bonds is 4. The molecule has 2 aliphatic rings. The van der Waals surface area contributed by atoms with Gasteiger partial charge in [-0.15, -0.1) is 11.3 Å². The molecule has 1 aromatic rings. The number of hydrogen-bond donors (Lipinski definition) is 2. The molecule has 3 rings (SSSR count). The first kappa shape index (κ1) is 16.9. The van der Waals surface area contributed by atoms with Crippen LogP contribution in [-0.2, 0) is 22.4 Å². The number of carboxylic acid groups (broad SMARTS) is 1. The van der Waals surface area contributed by atoms with Gasteiger partial charge in [-0.1, -0.05) is 0 Å². The zero-order valence-corrected chi connectivity index (χ0v) is 14.4. The highest BCUT2D eigenvalue weighted by Crippen LogP contribution is 2.39. The van der Waals surface area contributed by atoms with E-state index in [0.29, 0.717) is 31.2 Å². The highest BCUT2D eigenvalue weighted by Gasteiger charge is 2.28. The van der Waals surface area contributed by atoms with Crippen LogP contribution in [0.4, 0.5) is 5.00 Å². The number of thiophene rings is 1. The van der Waals surface area contributed by atoms with Crippen LogP contribution < -0.4 is 5.32 Å². The van der Waals surface area contributed by atoms with Gasteiger partial charge in [0.15, 0.2) is 0 Å². The molecule has 24 heavy (non-hydrogen) atoms. The van der Waals surface area contributed by atoms with Crippen molar-refractivity contribution in [3.63, 3.8) is 0 Å². The maximum Gasteiger partial charge on any atom is 0.339 e. The summed E-state index contributed by atoms with van der Waals surface area (Å²) >= 11 is 1.39. The van der Waals surface area contributed by atoms with E-state index >= 15 is 0 Å². The molecule has 0 saturated carbocycles. The van der Waals surface area contributed by atoms with E-state index in [1.165, 1.54) is 11.3 Å². The summed E-state index contributed by atoms with van der Waals surface area (Å²) in [5, 5.41) is 12.7. The second kappa shape index (κ2) is 6.90. The minimum atomic E-state index is -0.972. The van der Waals surface area contributed by atoms with Gasteiger partial charge in [0.05, 0.1) is 12.1 Å². The van der Waals surface area contributed by atoms with Gasteiger partial charge in [0.1, 0.15) is 5.00 Å². The van der Waals surface area contributed by atoms with Crippen LogP contribution in [0, 0.1) is 0 Å². The lowest BCUT2D eigenvalue weighted by Crippen LogP contribution is -2.49. The van der Waals surface area contributed by atoms with Crippen LogP contribution in [0.1, 0.15) is 34.1 Å². The third-order valence-electron chi connectivity index (χ3n) is 4.57. The average Bonchev–Trinajstić information content (AvgIpc) is 3.07. The molecule has 1 aliphatic heterocycles. The Hall–Kier alpha value is -1.93. The van der Waals surface area contributed by atoms with Crippen molar-refractivity contribution in [1.82, 2.24) is 9.80 Å². The van der Waals surface area contributed by atoms with Crippen LogP contribution in [0.5, 0.6) is 0 Å². The zero-order valence-electron chi connectivity index (χ0n) is 13.6. The summed E-state index contributed by atoms with van der Waals surface area (Å²) in [6, 6.07) is 0. The fourth-order valence-electron chi connectivity index (χ4n) is 3.31. The van der Waals surface area contributed by atoms with Gasteiger partial charge in [-0.3, -0.25) is 14.5 Å². The van der Waals surface area contributed by atoms with Crippen LogP contribution in [0.3, 0.4) is 0 Å². The Balaban J connectivity index is 1.60. The van der Waals surface area contributed by atoms with Gasteiger partial charge in [0, 0.05) is 38.0 Å². The number of aryl methyl sites for hydroxylation is 1. The zero-order chi connectivity index (χ0) is 17.3. The number of amides is 2. The SMILES string of the molecule is CC(=O)N1CCN(CC(=O)Nc2sc3c(c2C(=O)O)CCC3)CC1. The van der Waals surface area contributed by atoms with Crippen molar-refractivity contribution < 1.29 is 19.5 Å². The summed E-state index contributed by atoms with van der Waals surface area (Å²) in [5.41, 5.74) is 1.15. The second-order valence-electron chi connectivity index (χ2n) is 6.20. The van der Waals surface area contributed by atoms with E-state index in [4.69, 9.17) is 0 Å². The third-order valence-corrected chi connectivity index (χ3v) is 5.78. The van der Waals surface area contributed by atoms with Gasteiger partial charge < -0.3 is 15.3 Å². The molecular weight excluding hydrogens is 330 g/mol. The number of nitrogens with zero attached hydrogens (tertiary/aromatic N) is 2. The molecule has 0 spiro atoms. The van der Waals surface area contributed by atoms with Crippen molar-refractivity contribution >= 4 is 34.1 Å². The number of anilines is 1. The summed E-state index contributed by atoms with van der Waals surface area (Å²) in [4.78, 5) is 39.9. The van der Waals surface area contributed by atoms with E-state index in [-0.39, 0.29) is 23.9 Å². The molecule has 1 saturated heterocycles. The topological polar surface area (TPSA) is 90.0 Å². The van der Waals surface area contributed by atoms with E-state index in [1.54, 1.807) is 11.8 Å². The first-order valence-electron chi connectivity index (χ1n) is 8.11. The maximum atomic E-state index is 12.3. The number of hydrogen-bond acceptors (Lipinski definition) is 5. The van der Waals surface area contributed by atoms with Crippen LogP contribution >= 0.6 is 11.3 Å². The minimum absolute atomic E-state index is 0.0540. The van der Waals surface area contributed by atoms with Gasteiger partial charge in [-0.2, -0.15) is 0 Å². The lowest BCUT2D eigenvalue weighted by atomic mass is 10.1. The van der Waals surface area contributed by atoms with Crippen molar-refractivity contribution in [3.05, 3.63) is 16.0 Å². The summed E-state index contributed by atoms with van der Waals surface area (Å²) in [7, 11) is 0. The van der Waals surface area contributed by atoms with Crippen molar-refractivity contribution in [2.75, 3.05) is 38.0 Å². The van der Waals surface area contributed by atoms with Crippen molar-refractivity contribution in [3.8, 4) is 0 Å². The number of fused-ring (bicyclic) bond motifs is 1. The molecule has 0 atom stereocenters. The smallest absolute Gasteiger partial charge is 0.339 e. The van der Waals surface area contributed by atoms with E-state index in [0.717, 1.165) is 29.7 Å². The molecule has 2 amide bonds.